The van der Waals surface area contributed by atoms with Crippen LogP contribution in [0.1, 0.15) is 10.4 Å². The zero-order valence-corrected chi connectivity index (χ0v) is 14.4. The minimum Gasteiger partial charge on any atom is -0.379 e. The zero-order valence-electron chi connectivity index (χ0n) is 13.6. The largest absolute Gasteiger partial charge is 0.379 e. The first-order chi connectivity index (χ1) is 12.3. The normalized spacial score (nSPS) is 15.4. The number of rotatable bonds is 3. The molecule has 0 saturated carbocycles. The number of benzene rings is 2. The van der Waals surface area contributed by atoms with E-state index in [-0.39, 0.29) is 5.91 Å². The lowest BCUT2D eigenvalue weighted by Gasteiger charge is -2.26. The molecule has 1 amide bonds. The third-order valence-electron chi connectivity index (χ3n) is 4.33. The number of carbonyl (C=O) groups is 1. The van der Waals surface area contributed by atoms with Crippen LogP contribution in [0.2, 0.25) is 5.15 Å². The minimum absolute atomic E-state index is 0.196. The summed E-state index contributed by atoms with van der Waals surface area (Å²) in [4.78, 5) is 12.9. The topological polar surface area (TPSA) is 46.5 Å². The molecule has 0 bridgehead atoms. The van der Waals surface area contributed by atoms with Crippen molar-refractivity contribution < 1.29 is 9.53 Å². The standard InChI is InChI=1S/C19H18ClN3O2/c20-18-17(19(24)21-22-10-12-25-13-11-22)15-8-4-5-9-16(15)23(18)14-6-2-1-3-7-14/h1-9H,10-13H2,(H,21,24). The summed E-state index contributed by atoms with van der Waals surface area (Å²) in [5.74, 6) is -0.196. The van der Waals surface area contributed by atoms with Gasteiger partial charge in [0.2, 0.25) is 0 Å². The first-order valence-electron chi connectivity index (χ1n) is 8.24. The van der Waals surface area contributed by atoms with Gasteiger partial charge in [0.25, 0.3) is 5.91 Å². The van der Waals surface area contributed by atoms with E-state index in [1.807, 2.05) is 64.2 Å². The molecule has 2 aromatic carbocycles. The van der Waals surface area contributed by atoms with Crippen molar-refractivity contribution in [1.82, 2.24) is 15.0 Å². The Morgan fingerprint density at radius 2 is 1.68 bits per heavy atom. The van der Waals surface area contributed by atoms with Gasteiger partial charge in [-0.1, -0.05) is 48.0 Å². The Labute approximate surface area is 150 Å². The molecule has 4 rings (SSSR count). The molecule has 0 radical (unpaired) electrons. The molecule has 128 valence electrons. The summed E-state index contributed by atoms with van der Waals surface area (Å²) >= 11 is 6.66. The van der Waals surface area contributed by atoms with Crippen LogP contribution < -0.4 is 5.43 Å². The first-order valence-corrected chi connectivity index (χ1v) is 8.61. The molecule has 0 atom stereocenters. The Morgan fingerprint density at radius 3 is 2.44 bits per heavy atom. The van der Waals surface area contributed by atoms with Crippen molar-refractivity contribution in [3.8, 4) is 5.69 Å². The molecule has 5 nitrogen and oxygen atoms in total. The number of morpholine rings is 1. The minimum atomic E-state index is -0.196. The number of carbonyl (C=O) groups excluding carboxylic acids is 1. The van der Waals surface area contributed by atoms with Gasteiger partial charge in [-0.2, -0.15) is 0 Å². The summed E-state index contributed by atoms with van der Waals surface area (Å²) in [7, 11) is 0. The van der Waals surface area contributed by atoms with Crippen molar-refractivity contribution in [2.75, 3.05) is 26.3 Å². The molecule has 25 heavy (non-hydrogen) atoms. The van der Waals surface area contributed by atoms with Crippen molar-refractivity contribution in [2.45, 2.75) is 0 Å². The van der Waals surface area contributed by atoms with Crippen LogP contribution in [0.15, 0.2) is 54.6 Å². The zero-order chi connectivity index (χ0) is 17.2. The molecule has 1 N–H and O–H groups in total. The molecule has 1 saturated heterocycles. The van der Waals surface area contributed by atoms with E-state index in [1.54, 1.807) is 0 Å². The maximum absolute atomic E-state index is 12.9. The highest BCUT2D eigenvalue weighted by Crippen LogP contribution is 2.33. The van der Waals surface area contributed by atoms with E-state index < -0.39 is 0 Å². The van der Waals surface area contributed by atoms with E-state index in [0.29, 0.717) is 37.0 Å². The number of nitrogens with one attached hydrogen (secondary N) is 1. The average molecular weight is 356 g/mol. The second-order valence-electron chi connectivity index (χ2n) is 5.89. The number of hydrogen-bond donors (Lipinski definition) is 1. The van der Waals surface area contributed by atoms with E-state index >= 15 is 0 Å². The highest BCUT2D eigenvalue weighted by molar-refractivity contribution is 6.35. The van der Waals surface area contributed by atoms with Crippen molar-refractivity contribution in [2.24, 2.45) is 0 Å². The van der Waals surface area contributed by atoms with Gasteiger partial charge in [0, 0.05) is 24.2 Å². The first kappa shape index (κ1) is 16.1. The van der Waals surface area contributed by atoms with Gasteiger partial charge in [-0.3, -0.25) is 14.8 Å². The molecule has 1 aliphatic heterocycles. The van der Waals surface area contributed by atoms with Gasteiger partial charge in [-0.15, -0.1) is 0 Å². The molecule has 0 unspecified atom stereocenters. The van der Waals surface area contributed by atoms with Gasteiger partial charge >= 0.3 is 0 Å². The second-order valence-corrected chi connectivity index (χ2v) is 6.25. The molecule has 0 spiro atoms. The Kier molecular flexibility index (Phi) is 4.44. The van der Waals surface area contributed by atoms with Crippen LogP contribution >= 0.6 is 11.6 Å². The van der Waals surface area contributed by atoms with Gasteiger partial charge < -0.3 is 4.74 Å². The maximum Gasteiger partial charge on any atom is 0.269 e. The molecule has 1 aromatic heterocycles. The Morgan fingerprint density at radius 1 is 1.00 bits per heavy atom. The van der Waals surface area contributed by atoms with Crippen LogP contribution in [0.5, 0.6) is 0 Å². The summed E-state index contributed by atoms with van der Waals surface area (Å²) in [6.07, 6.45) is 0. The number of fused-ring (bicyclic) bond motifs is 1. The van der Waals surface area contributed by atoms with Gasteiger partial charge in [-0.05, 0) is 18.2 Å². The van der Waals surface area contributed by atoms with E-state index in [1.165, 1.54) is 0 Å². The molecular formula is C19H18ClN3O2. The predicted molar refractivity (Wildman–Crippen MR) is 98.1 cm³/mol. The van der Waals surface area contributed by atoms with Crippen molar-refractivity contribution in [3.05, 3.63) is 65.3 Å². The fourth-order valence-electron chi connectivity index (χ4n) is 3.13. The van der Waals surface area contributed by atoms with Crippen LogP contribution in [0, 0.1) is 0 Å². The summed E-state index contributed by atoms with van der Waals surface area (Å²) in [6, 6.07) is 17.6. The second kappa shape index (κ2) is 6.88. The molecule has 1 fully saturated rings. The fourth-order valence-corrected chi connectivity index (χ4v) is 3.51. The van der Waals surface area contributed by atoms with E-state index in [9.17, 15) is 4.79 Å². The molecular weight excluding hydrogens is 338 g/mol. The number of aromatic nitrogens is 1. The van der Waals surface area contributed by atoms with Crippen LogP contribution in [0.3, 0.4) is 0 Å². The van der Waals surface area contributed by atoms with Crippen LogP contribution in [-0.2, 0) is 4.74 Å². The number of ether oxygens (including phenoxy) is 1. The smallest absolute Gasteiger partial charge is 0.269 e. The highest BCUT2D eigenvalue weighted by atomic mass is 35.5. The number of hydrogen-bond acceptors (Lipinski definition) is 3. The SMILES string of the molecule is O=C(NN1CCOCC1)c1c(Cl)n(-c2ccccc2)c2ccccc12. The van der Waals surface area contributed by atoms with Crippen molar-refractivity contribution in [1.29, 1.82) is 0 Å². The number of nitrogens with zero attached hydrogens (tertiary/aromatic N) is 2. The van der Waals surface area contributed by atoms with Crippen LogP contribution in [0.4, 0.5) is 0 Å². The van der Waals surface area contributed by atoms with E-state index in [4.69, 9.17) is 16.3 Å². The lowest BCUT2D eigenvalue weighted by atomic mass is 10.1. The summed E-state index contributed by atoms with van der Waals surface area (Å²) in [5.41, 5.74) is 5.28. The van der Waals surface area contributed by atoms with Crippen LogP contribution in [-0.4, -0.2) is 41.8 Å². The Hall–Kier alpha value is -2.34. The van der Waals surface area contributed by atoms with Gasteiger partial charge in [0.1, 0.15) is 5.15 Å². The lowest BCUT2D eigenvalue weighted by Crippen LogP contribution is -2.48. The van der Waals surface area contributed by atoms with Gasteiger partial charge in [0.15, 0.2) is 0 Å². The number of halogens is 1. The fraction of sp³-hybridized carbons (Fsp3) is 0.211. The quantitative estimate of drug-likeness (QED) is 0.784. The Balaban J connectivity index is 1.79. The van der Waals surface area contributed by atoms with E-state index in [2.05, 4.69) is 5.43 Å². The van der Waals surface area contributed by atoms with Gasteiger partial charge in [0.05, 0.1) is 24.3 Å². The number of hydrazine groups is 1. The van der Waals surface area contributed by atoms with Crippen molar-refractivity contribution >= 4 is 28.4 Å². The summed E-state index contributed by atoms with van der Waals surface area (Å²) in [5, 5.41) is 3.12. The van der Waals surface area contributed by atoms with Crippen LogP contribution in [0.25, 0.3) is 16.6 Å². The predicted octanol–water partition coefficient (Wildman–Crippen LogP) is 3.26. The molecule has 2 heterocycles. The monoisotopic (exact) mass is 355 g/mol. The average Bonchev–Trinajstić information content (AvgIpc) is 2.95. The number of para-hydroxylation sites is 2. The molecule has 6 heteroatoms. The van der Waals surface area contributed by atoms with E-state index in [0.717, 1.165) is 16.6 Å². The molecule has 3 aromatic rings. The third kappa shape index (κ3) is 3.02. The third-order valence-corrected chi connectivity index (χ3v) is 4.69. The molecule has 1 aliphatic rings. The highest BCUT2D eigenvalue weighted by Gasteiger charge is 2.24. The maximum atomic E-state index is 12.9. The Bertz CT molecular complexity index is 902. The summed E-state index contributed by atoms with van der Waals surface area (Å²) in [6.45, 7) is 2.56. The molecule has 0 aliphatic carbocycles. The number of amides is 1. The lowest BCUT2D eigenvalue weighted by molar-refractivity contribution is 0.0127. The van der Waals surface area contributed by atoms with Crippen molar-refractivity contribution in [3.63, 3.8) is 0 Å². The summed E-state index contributed by atoms with van der Waals surface area (Å²) < 4.78 is 7.23. The van der Waals surface area contributed by atoms with Gasteiger partial charge in [-0.25, -0.2) is 5.01 Å².